The van der Waals surface area contributed by atoms with Gasteiger partial charge >= 0.3 is 0 Å². The van der Waals surface area contributed by atoms with Gasteiger partial charge in [-0.05, 0) is 31.0 Å². The van der Waals surface area contributed by atoms with Crippen molar-refractivity contribution < 1.29 is 4.74 Å². The fraction of sp³-hybridized carbons (Fsp3) is 0.375. The van der Waals surface area contributed by atoms with Crippen molar-refractivity contribution in [1.82, 2.24) is 4.98 Å². The first-order valence-corrected chi connectivity index (χ1v) is 6.97. The number of hydrogen-bond acceptors (Lipinski definition) is 2. The zero-order valence-electron chi connectivity index (χ0n) is 11.1. The number of benzene rings is 1. The van der Waals surface area contributed by atoms with E-state index in [2.05, 4.69) is 22.1 Å². The zero-order valence-corrected chi connectivity index (χ0v) is 11.1. The Morgan fingerprint density at radius 3 is 2.89 bits per heavy atom. The molecule has 1 aromatic carbocycles. The topological polar surface area (TPSA) is 28.3 Å². The second-order valence-electron chi connectivity index (χ2n) is 5.15. The minimum atomic E-state index is 0.615. The first kappa shape index (κ1) is 12.2. The number of nitrogens with zero attached hydrogens (tertiary/aromatic N) is 1. The number of aromatic nitrogens is 1. The molecule has 0 aliphatic carbocycles. The first-order chi connectivity index (χ1) is 9.42. The van der Waals surface area contributed by atoms with E-state index in [4.69, 9.17) is 4.74 Å². The van der Waals surface area contributed by atoms with Gasteiger partial charge in [0.2, 0.25) is 0 Å². The molecule has 1 saturated heterocycles. The minimum absolute atomic E-state index is 0.615. The molecule has 3 heteroatoms. The smallest absolute Gasteiger partial charge is 0.119 e. The van der Waals surface area contributed by atoms with Crippen molar-refractivity contribution in [2.45, 2.75) is 12.8 Å². The van der Waals surface area contributed by atoms with Crippen LogP contribution in [0.5, 0.6) is 5.75 Å². The third-order valence-corrected chi connectivity index (χ3v) is 3.69. The summed E-state index contributed by atoms with van der Waals surface area (Å²) in [6, 6.07) is 12.2. The van der Waals surface area contributed by atoms with E-state index in [-0.39, 0.29) is 0 Å². The molecule has 1 aliphatic heterocycles. The molecule has 2 aromatic rings. The lowest BCUT2D eigenvalue weighted by atomic mass is 9.99. The van der Waals surface area contributed by atoms with Crippen molar-refractivity contribution in [3.05, 3.63) is 48.8 Å². The van der Waals surface area contributed by atoms with Gasteiger partial charge in [0.05, 0.1) is 12.3 Å². The lowest BCUT2D eigenvalue weighted by molar-refractivity contribution is 0.229. The summed E-state index contributed by atoms with van der Waals surface area (Å²) < 4.78 is 5.88. The van der Waals surface area contributed by atoms with Crippen molar-refractivity contribution in [2.24, 2.45) is 5.92 Å². The Labute approximate surface area is 114 Å². The monoisotopic (exact) mass is 256 g/mol. The third kappa shape index (κ3) is 3.11. The van der Waals surface area contributed by atoms with Crippen LogP contribution in [0.3, 0.4) is 0 Å². The molecule has 1 aliphatic rings. The van der Waals surface area contributed by atoms with Gasteiger partial charge in [-0.15, -0.1) is 0 Å². The highest BCUT2D eigenvalue weighted by Gasteiger charge is 2.20. The SMILES string of the molecule is c1ccc(OCC2CCCN(c3cc[nH]c3)C2)cc1. The van der Waals surface area contributed by atoms with Crippen LogP contribution in [0, 0.1) is 5.92 Å². The van der Waals surface area contributed by atoms with Gasteiger partial charge in [-0.3, -0.25) is 0 Å². The van der Waals surface area contributed by atoms with Crippen LogP contribution in [0.2, 0.25) is 0 Å². The number of hydrogen-bond donors (Lipinski definition) is 1. The molecule has 100 valence electrons. The maximum absolute atomic E-state index is 5.88. The largest absolute Gasteiger partial charge is 0.493 e. The van der Waals surface area contributed by atoms with Gasteiger partial charge in [0.25, 0.3) is 0 Å². The van der Waals surface area contributed by atoms with Gasteiger partial charge in [-0.1, -0.05) is 18.2 Å². The maximum Gasteiger partial charge on any atom is 0.119 e. The van der Waals surface area contributed by atoms with Crippen molar-refractivity contribution in [3.8, 4) is 5.75 Å². The van der Waals surface area contributed by atoms with E-state index in [1.54, 1.807) is 0 Å². The number of piperidine rings is 1. The van der Waals surface area contributed by atoms with Crippen LogP contribution in [0.1, 0.15) is 12.8 Å². The Kier molecular flexibility index (Phi) is 3.73. The molecule has 0 spiro atoms. The molecule has 19 heavy (non-hydrogen) atoms. The number of aromatic amines is 1. The van der Waals surface area contributed by atoms with Crippen LogP contribution in [-0.4, -0.2) is 24.7 Å². The molecule has 1 unspecified atom stereocenters. The van der Waals surface area contributed by atoms with Crippen LogP contribution in [-0.2, 0) is 0 Å². The van der Waals surface area contributed by atoms with Gasteiger partial charge in [0.1, 0.15) is 5.75 Å². The Morgan fingerprint density at radius 1 is 1.21 bits per heavy atom. The summed E-state index contributed by atoms with van der Waals surface area (Å²) in [7, 11) is 0. The lowest BCUT2D eigenvalue weighted by Gasteiger charge is -2.33. The van der Waals surface area contributed by atoms with E-state index in [1.807, 2.05) is 36.5 Å². The number of nitrogens with one attached hydrogen (secondary N) is 1. The second-order valence-corrected chi connectivity index (χ2v) is 5.15. The van der Waals surface area contributed by atoms with Gasteiger partial charge < -0.3 is 14.6 Å². The quantitative estimate of drug-likeness (QED) is 0.909. The average Bonchev–Trinajstić information content (AvgIpc) is 3.01. The summed E-state index contributed by atoms with van der Waals surface area (Å²) in [6.45, 7) is 3.05. The first-order valence-electron chi connectivity index (χ1n) is 6.97. The molecule has 1 N–H and O–H groups in total. The highest BCUT2D eigenvalue weighted by Crippen LogP contribution is 2.23. The molecule has 3 rings (SSSR count). The Morgan fingerprint density at radius 2 is 2.11 bits per heavy atom. The van der Waals surface area contributed by atoms with Crippen LogP contribution >= 0.6 is 0 Å². The molecule has 0 bridgehead atoms. The second kappa shape index (κ2) is 5.83. The van der Waals surface area contributed by atoms with E-state index < -0.39 is 0 Å². The van der Waals surface area contributed by atoms with Crippen molar-refractivity contribution in [1.29, 1.82) is 0 Å². The average molecular weight is 256 g/mol. The van der Waals surface area contributed by atoms with E-state index in [1.165, 1.54) is 18.5 Å². The van der Waals surface area contributed by atoms with E-state index in [0.717, 1.165) is 25.4 Å². The molecule has 0 saturated carbocycles. The van der Waals surface area contributed by atoms with Crippen LogP contribution in [0.15, 0.2) is 48.8 Å². The predicted octanol–water partition coefficient (Wildman–Crippen LogP) is 3.31. The number of anilines is 1. The summed E-state index contributed by atoms with van der Waals surface area (Å²) >= 11 is 0. The zero-order chi connectivity index (χ0) is 12.9. The van der Waals surface area contributed by atoms with Crippen molar-refractivity contribution >= 4 is 5.69 Å². The molecule has 2 heterocycles. The van der Waals surface area contributed by atoms with E-state index in [0.29, 0.717) is 5.92 Å². The molecular weight excluding hydrogens is 236 g/mol. The fourth-order valence-corrected chi connectivity index (χ4v) is 2.68. The van der Waals surface area contributed by atoms with Crippen molar-refractivity contribution in [2.75, 3.05) is 24.6 Å². The molecule has 1 aromatic heterocycles. The van der Waals surface area contributed by atoms with Crippen molar-refractivity contribution in [3.63, 3.8) is 0 Å². The molecule has 1 atom stereocenters. The molecule has 1 fully saturated rings. The van der Waals surface area contributed by atoms with Crippen LogP contribution in [0.25, 0.3) is 0 Å². The standard InChI is InChI=1S/C16H20N2O/c1-2-6-16(7-3-1)19-13-14-5-4-10-18(12-14)15-8-9-17-11-15/h1-3,6-9,11,14,17H,4-5,10,12-13H2. The Bertz CT molecular complexity index is 481. The number of H-pyrrole nitrogens is 1. The third-order valence-electron chi connectivity index (χ3n) is 3.69. The number of rotatable bonds is 4. The Hall–Kier alpha value is -1.90. The summed E-state index contributed by atoms with van der Waals surface area (Å²) in [4.78, 5) is 5.57. The predicted molar refractivity (Wildman–Crippen MR) is 77.7 cm³/mol. The fourth-order valence-electron chi connectivity index (χ4n) is 2.68. The van der Waals surface area contributed by atoms with E-state index in [9.17, 15) is 0 Å². The normalized spacial score (nSPS) is 19.4. The van der Waals surface area contributed by atoms with Gasteiger partial charge in [0, 0.05) is 31.4 Å². The molecular formula is C16H20N2O. The van der Waals surface area contributed by atoms with Crippen LogP contribution < -0.4 is 9.64 Å². The number of ether oxygens (including phenoxy) is 1. The molecule has 3 nitrogen and oxygen atoms in total. The maximum atomic E-state index is 5.88. The minimum Gasteiger partial charge on any atom is -0.493 e. The van der Waals surface area contributed by atoms with Gasteiger partial charge in [-0.2, -0.15) is 0 Å². The van der Waals surface area contributed by atoms with E-state index >= 15 is 0 Å². The summed E-state index contributed by atoms with van der Waals surface area (Å²) in [5, 5.41) is 0. The summed E-state index contributed by atoms with van der Waals surface area (Å²) in [6.07, 6.45) is 6.56. The Balaban J connectivity index is 1.54. The lowest BCUT2D eigenvalue weighted by Crippen LogP contribution is -2.37. The highest BCUT2D eigenvalue weighted by atomic mass is 16.5. The molecule has 0 amide bonds. The summed E-state index contributed by atoms with van der Waals surface area (Å²) in [5.74, 6) is 1.59. The highest BCUT2D eigenvalue weighted by molar-refractivity contribution is 5.44. The summed E-state index contributed by atoms with van der Waals surface area (Å²) in [5.41, 5.74) is 1.30. The number of para-hydroxylation sites is 1. The molecule has 0 radical (unpaired) electrons. The van der Waals surface area contributed by atoms with Crippen LogP contribution in [0.4, 0.5) is 5.69 Å². The van der Waals surface area contributed by atoms with Gasteiger partial charge in [0.15, 0.2) is 0 Å². The van der Waals surface area contributed by atoms with Gasteiger partial charge in [-0.25, -0.2) is 0 Å².